The van der Waals surface area contributed by atoms with Crippen molar-refractivity contribution in [1.82, 2.24) is 9.29 Å². The summed E-state index contributed by atoms with van der Waals surface area (Å²) in [6, 6.07) is 12.7. The van der Waals surface area contributed by atoms with Crippen molar-refractivity contribution in [1.29, 1.82) is 0 Å². The molecule has 4 rings (SSSR count). The summed E-state index contributed by atoms with van der Waals surface area (Å²) in [5.41, 5.74) is 2.16. The smallest absolute Gasteiger partial charge is 0.253 e. The molecule has 1 aliphatic rings. The van der Waals surface area contributed by atoms with E-state index in [-0.39, 0.29) is 17.2 Å². The summed E-state index contributed by atoms with van der Waals surface area (Å²) in [6.45, 7) is 4.06. The van der Waals surface area contributed by atoms with E-state index in [1.807, 2.05) is 12.1 Å². The van der Waals surface area contributed by atoms with Gasteiger partial charge in [0.25, 0.3) is 15.9 Å². The zero-order valence-corrected chi connectivity index (χ0v) is 19.3. The third kappa shape index (κ3) is 4.23. The number of nitrogens with zero attached hydrogens (tertiary/aromatic N) is 3. The largest absolute Gasteiger partial charge is 0.274 e. The second-order valence-corrected chi connectivity index (χ2v) is 10.9. The Labute approximate surface area is 191 Å². The first-order valence-corrected chi connectivity index (χ1v) is 12.5. The van der Waals surface area contributed by atoms with Crippen LogP contribution in [0.5, 0.6) is 0 Å². The van der Waals surface area contributed by atoms with Gasteiger partial charge >= 0.3 is 0 Å². The number of aromatic nitrogens is 1. The van der Waals surface area contributed by atoms with E-state index in [1.54, 1.807) is 48.1 Å². The van der Waals surface area contributed by atoms with Crippen LogP contribution in [0.3, 0.4) is 0 Å². The van der Waals surface area contributed by atoms with Gasteiger partial charge in [-0.2, -0.15) is 4.31 Å². The molecule has 3 aromatic rings. The number of hydrogen-bond donors (Lipinski definition) is 0. The van der Waals surface area contributed by atoms with Gasteiger partial charge in [-0.1, -0.05) is 38.1 Å². The lowest BCUT2D eigenvalue weighted by Crippen LogP contribution is -2.44. The van der Waals surface area contributed by atoms with E-state index in [4.69, 9.17) is 0 Å². The number of hydrogen-bond acceptors (Lipinski definition) is 6. The molecule has 2 aromatic heterocycles. The Morgan fingerprint density at radius 2 is 1.88 bits per heavy atom. The molecule has 0 N–H and O–H groups in total. The van der Waals surface area contributed by atoms with Crippen LogP contribution in [0.15, 0.2) is 70.5 Å². The van der Waals surface area contributed by atoms with Crippen molar-refractivity contribution in [3.05, 3.63) is 77.4 Å². The average Bonchev–Trinajstić information content (AvgIpc) is 3.42. The number of amides is 2. The topological polar surface area (TPSA) is 87.7 Å². The summed E-state index contributed by atoms with van der Waals surface area (Å²) in [5, 5.41) is 1.67. The van der Waals surface area contributed by atoms with Crippen LogP contribution in [0.4, 0.5) is 5.69 Å². The highest BCUT2D eigenvalue weighted by molar-refractivity contribution is 7.91. The maximum Gasteiger partial charge on any atom is 0.253 e. The highest BCUT2D eigenvalue weighted by Gasteiger charge is 2.47. The van der Waals surface area contributed by atoms with E-state index in [1.165, 1.54) is 6.07 Å². The molecule has 32 heavy (non-hydrogen) atoms. The first kappa shape index (κ1) is 22.3. The molecule has 0 radical (unpaired) electrons. The predicted molar refractivity (Wildman–Crippen MR) is 123 cm³/mol. The molecule has 9 heteroatoms. The fourth-order valence-electron chi connectivity index (χ4n) is 3.68. The van der Waals surface area contributed by atoms with E-state index in [0.29, 0.717) is 17.2 Å². The summed E-state index contributed by atoms with van der Waals surface area (Å²) >= 11 is 1.08. The van der Waals surface area contributed by atoms with Gasteiger partial charge in [0.1, 0.15) is 10.3 Å². The van der Waals surface area contributed by atoms with Gasteiger partial charge in [-0.05, 0) is 46.7 Å². The minimum atomic E-state index is -3.99. The number of benzene rings is 1. The van der Waals surface area contributed by atoms with Gasteiger partial charge < -0.3 is 0 Å². The fourth-order valence-corrected chi connectivity index (χ4v) is 6.37. The zero-order chi connectivity index (χ0) is 22.9. The zero-order valence-electron chi connectivity index (χ0n) is 17.7. The van der Waals surface area contributed by atoms with E-state index in [2.05, 4.69) is 18.8 Å². The Balaban J connectivity index is 1.70. The van der Waals surface area contributed by atoms with Gasteiger partial charge in [-0.3, -0.25) is 14.6 Å². The van der Waals surface area contributed by atoms with Gasteiger partial charge in [-0.15, -0.1) is 11.3 Å². The molecule has 0 spiro atoms. The van der Waals surface area contributed by atoms with E-state index >= 15 is 0 Å². The molecule has 0 saturated carbocycles. The first-order valence-electron chi connectivity index (χ1n) is 10.2. The van der Waals surface area contributed by atoms with Crippen molar-refractivity contribution in [3.8, 4) is 0 Å². The van der Waals surface area contributed by atoms with E-state index in [0.717, 1.165) is 26.1 Å². The Morgan fingerprint density at radius 1 is 1.12 bits per heavy atom. The Bertz CT molecular complexity index is 1210. The van der Waals surface area contributed by atoms with Crippen LogP contribution in [0.25, 0.3) is 0 Å². The molecule has 1 aromatic carbocycles. The molecular formula is C23H23N3O4S2. The maximum atomic E-state index is 13.4. The van der Waals surface area contributed by atoms with Crippen LogP contribution in [-0.4, -0.2) is 35.6 Å². The van der Waals surface area contributed by atoms with Crippen molar-refractivity contribution in [2.75, 3.05) is 4.90 Å². The number of imide groups is 1. The number of sulfonamides is 1. The standard InChI is InChI=1S/C23H23N3O4S2/c1-16(2)18-7-9-19(10-8-18)26-21(27)13-20(23(26)28)25(15-17-5-3-11-24-14-17)32(29,30)22-6-4-12-31-22/h3-12,14,16,20H,13,15H2,1-2H3. The summed E-state index contributed by atoms with van der Waals surface area (Å²) in [6.07, 6.45) is 2.94. The highest BCUT2D eigenvalue weighted by atomic mass is 32.2. The molecule has 1 aliphatic heterocycles. The second-order valence-electron chi connectivity index (χ2n) is 7.88. The van der Waals surface area contributed by atoms with Crippen molar-refractivity contribution in [2.45, 2.75) is 43.0 Å². The predicted octanol–water partition coefficient (Wildman–Crippen LogP) is 3.79. The SMILES string of the molecule is CC(C)c1ccc(N2C(=O)CC(N(Cc3cccnc3)S(=O)(=O)c3cccs3)C2=O)cc1. The van der Waals surface area contributed by atoms with Gasteiger partial charge in [0.2, 0.25) is 5.91 Å². The molecule has 1 saturated heterocycles. The van der Waals surface area contributed by atoms with Crippen molar-refractivity contribution < 1.29 is 18.0 Å². The molecule has 166 valence electrons. The molecule has 1 atom stereocenters. The molecule has 1 unspecified atom stereocenters. The average molecular weight is 470 g/mol. The van der Waals surface area contributed by atoms with Gasteiger partial charge in [0, 0.05) is 18.9 Å². The monoisotopic (exact) mass is 469 g/mol. The lowest BCUT2D eigenvalue weighted by molar-refractivity contribution is -0.122. The molecule has 3 heterocycles. The summed E-state index contributed by atoms with van der Waals surface area (Å²) < 4.78 is 28.1. The quantitative estimate of drug-likeness (QED) is 0.491. The number of thiophene rings is 1. The maximum absolute atomic E-state index is 13.4. The van der Waals surface area contributed by atoms with Crippen LogP contribution in [0.2, 0.25) is 0 Å². The van der Waals surface area contributed by atoms with Crippen molar-refractivity contribution in [2.24, 2.45) is 0 Å². The molecule has 2 amide bonds. The Hall–Kier alpha value is -2.88. The van der Waals surface area contributed by atoms with Crippen LogP contribution in [-0.2, 0) is 26.2 Å². The van der Waals surface area contributed by atoms with E-state index in [9.17, 15) is 18.0 Å². The molecule has 0 aliphatic carbocycles. The van der Waals surface area contributed by atoms with Crippen LogP contribution < -0.4 is 4.90 Å². The lowest BCUT2D eigenvalue weighted by Gasteiger charge is -2.26. The van der Waals surface area contributed by atoms with Gasteiger partial charge in [0.15, 0.2) is 0 Å². The Kier molecular flexibility index (Phi) is 6.23. The van der Waals surface area contributed by atoms with Crippen LogP contribution in [0.1, 0.15) is 37.3 Å². The Morgan fingerprint density at radius 3 is 2.47 bits per heavy atom. The van der Waals surface area contributed by atoms with E-state index < -0.39 is 27.9 Å². The third-order valence-electron chi connectivity index (χ3n) is 5.41. The number of pyridine rings is 1. The summed E-state index contributed by atoms with van der Waals surface area (Å²) in [7, 11) is -3.99. The summed E-state index contributed by atoms with van der Waals surface area (Å²) in [4.78, 5) is 31.4. The van der Waals surface area contributed by atoms with Crippen LogP contribution in [0, 0.1) is 0 Å². The first-order chi connectivity index (χ1) is 15.3. The molecule has 0 bridgehead atoms. The fraction of sp³-hybridized carbons (Fsp3) is 0.261. The molecule has 7 nitrogen and oxygen atoms in total. The highest BCUT2D eigenvalue weighted by Crippen LogP contribution is 2.32. The number of rotatable bonds is 7. The normalized spacial score (nSPS) is 17.0. The summed E-state index contributed by atoms with van der Waals surface area (Å²) in [5.74, 6) is -0.654. The number of carbonyl (C=O) groups excluding carboxylic acids is 2. The minimum absolute atomic E-state index is 0.0577. The molecular weight excluding hydrogens is 446 g/mol. The second kappa shape index (κ2) is 8.93. The van der Waals surface area contributed by atoms with Gasteiger partial charge in [0.05, 0.1) is 12.1 Å². The number of anilines is 1. The van der Waals surface area contributed by atoms with Crippen molar-refractivity contribution in [3.63, 3.8) is 0 Å². The minimum Gasteiger partial charge on any atom is -0.274 e. The van der Waals surface area contributed by atoms with Crippen molar-refractivity contribution >= 4 is 38.9 Å². The van der Waals surface area contributed by atoms with Crippen LogP contribution >= 0.6 is 11.3 Å². The number of carbonyl (C=O) groups is 2. The van der Waals surface area contributed by atoms with Gasteiger partial charge in [-0.25, -0.2) is 13.3 Å². The molecule has 1 fully saturated rings. The lowest BCUT2D eigenvalue weighted by atomic mass is 10.0. The third-order valence-corrected chi connectivity index (χ3v) is 8.64.